The molecule has 1 saturated heterocycles. The minimum atomic E-state index is -0.370. The second kappa shape index (κ2) is 7.43. The first-order valence-corrected chi connectivity index (χ1v) is 9.14. The normalized spacial score (nSPS) is 17.0. The Bertz CT molecular complexity index is 650. The van der Waals surface area contributed by atoms with Crippen molar-refractivity contribution >= 4 is 5.97 Å². The van der Waals surface area contributed by atoms with E-state index in [1.54, 1.807) is 6.92 Å². The molecule has 1 heterocycles. The molecule has 0 spiro atoms. The molecule has 0 amide bonds. The van der Waals surface area contributed by atoms with E-state index < -0.39 is 0 Å². The zero-order valence-electron chi connectivity index (χ0n) is 17.2. The predicted molar refractivity (Wildman–Crippen MR) is 104 cm³/mol. The number of carbonyl (C=O) groups excluding carboxylic acids is 1. The zero-order valence-corrected chi connectivity index (χ0v) is 17.2. The molecule has 1 aliphatic heterocycles. The maximum absolute atomic E-state index is 11.8. The molecule has 0 aliphatic carbocycles. The first kappa shape index (κ1) is 20.5. The van der Waals surface area contributed by atoms with Crippen molar-refractivity contribution in [3.8, 4) is 5.75 Å². The third-order valence-electron chi connectivity index (χ3n) is 4.30. The summed E-state index contributed by atoms with van der Waals surface area (Å²) in [5.74, 6) is 0.557. The molecule has 0 saturated carbocycles. The standard InChI is InChI=1S/C22H32O4/c1-14(2)20(23)26-11-15-9-17(21(3,4)5)19(25-13-16-12-24-16)18(10-15)22(6,7)8/h9-10,16H,1,11-13H2,2-8H3. The van der Waals surface area contributed by atoms with Crippen LogP contribution in [0.25, 0.3) is 0 Å². The molecule has 0 radical (unpaired) electrons. The van der Waals surface area contributed by atoms with Gasteiger partial charge in [-0.1, -0.05) is 48.1 Å². The van der Waals surface area contributed by atoms with Crippen LogP contribution >= 0.6 is 0 Å². The van der Waals surface area contributed by atoms with Gasteiger partial charge in [-0.25, -0.2) is 4.79 Å². The molecule has 1 aromatic carbocycles. The predicted octanol–water partition coefficient (Wildman–Crippen LogP) is 4.68. The van der Waals surface area contributed by atoms with Gasteiger partial charge in [0, 0.05) is 16.7 Å². The van der Waals surface area contributed by atoms with Crippen LogP contribution in [0.2, 0.25) is 0 Å². The molecule has 26 heavy (non-hydrogen) atoms. The summed E-state index contributed by atoms with van der Waals surface area (Å²) in [6.45, 7) is 19.8. The Morgan fingerprint density at radius 1 is 1.15 bits per heavy atom. The fraction of sp³-hybridized carbons (Fsp3) is 0.591. The van der Waals surface area contributed by atoms with E-state index in [0.717, 1.165) is 29.0 Å². The quantitative estimate of drug-likeness (QED) is 0.420. The summed E-state index contributed by atoms with van der Waals surface area (Å²) in [5, 5.41) is 0. The Morgan fingerprint density at radius 3 is 2.04 bits per heavy atom. The first-order valence-electron chi connectivity index (χ1n) is 9.14. The largest absolute Gasteiger partial charge is 0.490 e. The second-order valence-electron chi connectivity index (χ2n) is 9.14. The van der Waals surface area contributed by atoms with Gasteiger partial charge in [0.1, 0.15) is 25.1 Å². The van der Waals surface area contributed by atoms with Crippen molar-refractivity contribution < 1.29 is 19.0 Å². The second-order valence-corrected chi connectivity index (χ2v) is 9.14. The Kier molecular flexibility index (Phi) is 5.86. The van der Waals surface area contributed by atoms with Gasteiger partial charge in [0.05, 0.1) is 6.61 Å². The fourth-order valence-corrected chi connectivity index (χ4v) is 2.65. The minimum absolute atomic E-state index is 0.103. The number of hydrogen-bond acceptors (Lipinski definition) is 4. The topological polar surface area (TPSA) is 48.1 Å². The van der Waals surface area contributed by atoms with Crippen molar-refractivity contribution in [2.24, 2.45) is 0 Å². The number of hydrogen-bond donors (Lipinski definition) is 0. The van der Waals surface area contributed by atoms with Gasteiger partial charge >= 0.3 is 5.97 Å². The van der Waals surface area contributed by atoms with Gasteiger partial charge in [-0.05, 0) is 35.4 Å². The van der Waals surface area contributed by atoms with Crippen LogP contribution in [0.1, 0.15) is 65.2 Å². The average Bonchev–Trinajstić information content (AvgIpc) is 3.32. The van der Waals surface area contributed by atoms with Crippen LogP contribution in [0.3, 0.4) is 0 Å². The average molecular weight is 360 g/mol. The van der Waals surface area contributed by atoms with Gasteiger partial charge < -0.3 is 14.2 Å². The minimum Gasteiger partial charge on any atom is -0.490 e. The van der Waals surface area contributed by atoms with E-state index in [-0.39, 0.29) is 29.5 Å². The fourth-order valence-electron chi connectivity index (χ4n) is 2.65. The zero-order chi connectivity index (χ0) is 19.7. The van der Waals surface area contributed by atoms with Crippen molar-refractivity contribution in [3.63, 3.8) is 0 Å². The SMILES string of the molecule is C=C(C)C(=O)OCc1cc(C(C)(C)C)c(OCC2CO2)c(C(C)(C)C)c1. The van der Waals surface area contributed by atoms with E-state index in [1.807, 2.05) is 0 Å². The molecule has 0 bridgehead atoms. The molecule has 4 nitrogen and oxygen atoms in total. The summed E-state index contributed by atoms with van der Waals surface area (Å²) >= 11 is 0. The number of epoxide rings is 1. The van der Waals surface area contributed by atoms with Gasteiger partial charge in [0.25, 0.3) is 0 Å². The van der Waals surface area contributed by atoms with Crippen molar-refractivity contribution in [2.45, 2.75) is 72.0 Å². The lowest BCUT2D eigenvalue weighted by Gasteiger charge is -2.30. The van der Waals surface area contributed by atoms with Gasteiger partial charge in [-0.15, -0.1) is 0 Å². The molecular formula is C22H32O4. The van der Waals surface area contributed by atoms with Crippen LogP contribution in [-0.4, -0.2) is 25.3 Å². The third-order valence-corrected chi connectivity index (χ3v) is 4.30. The Balaban J connectivity index is 2.44. The molecule has 1 unspecified atom stereocenters. The first-order chi connectivity index (χ1) is 11.9. The van der Waals surface area contributed by atoms with E-state index in [1.165, 1.54) is 0 Å². The van der Waals surface area contributed by atoms with E-state index >= 15 is 0 Å². The number of carbonyl (C=O) groups is 1. The van der Waals surface area contributed by atoms with Crippen molar-refractivity contribution in [1.29, 1.82) is 0 Å². The summed E-state index contributed by atoms with van der Waals surface area (Å²) in [7, 11) is 0. The van der Waals surface area contributed by atoms with Crippen molar-refractivity contribution in [2.75, 3.05) is 13.2 Å². The maximum Gasteiger partial charge on any atom is 0.333 e. The maximum atomic E-state index is 11.8. The molecule has 144 valence electrons. The number of benzene rings is 1. The van der Waals surface area contributed by atoms with E-state index in [2.05, 4.69) is 60.3 Å². The Hall–Kier alpha value is -1.81. The molecule has 0 aromatic heterocycles. The van der Waals surface area contributed by atoms with Gasteiger partial charge in [0.15, 0.2) is 0 Å². The van der Waals surface area contributed by atoms with Crippen LogP contribution in [0.4, 0.5) is 0 Å². The van der Waals surface area contributed by atoms with Crippen molar-refractivity contribution in [3.05, 3.63) is 41.0 Å². The van der Waals surface area contributed by atoms with E-state index in [9.17, 15) is 4.79 Å². The molecule has 4 heteroatoms. The molecule has 1 fully saturated rings. The van der Waals surface area contributed by atoms with E-state index in [4.69, 9.17) is 14.2 Å². The van der Waals surface area contributed by atoms with Crippen LogP contribution < -0.4 is 4.74 Å². The van der Waals surface area contributed by atoms with Gasteiger partial charge in [0.2, 0.25) is 0 Å². The molecular weight excluding hydrogens is 328 g/mol. The monoisotopic (exact) mass is 360 g/mol. The Morgan fingerprint density at radius 2 is 1.65 bits per heavy atom. The summed E-state index contributed by atoms with van der Waals surface area (Å²) in [6, 6.07) is 4.17. The van der Waals surface area contributed by atoms with Crippen LogP contribution in [0.5, 0.6) is 5.75 Å². The van der Waals surface area contributed by atoms with Gasteiger partial charge in [-0.2, -0.15) is 0 Å². The number of rotatable bonds is 6. The van der Waals surface area contributed by atoms with Gasteiger partial charge in [-0.3, -0.25) is 0 Å². The lowest BCUT2D eigenvalue weighted by Crippen LogP contribution is -2.22. The summed E-state index contributed by atoms with van der Waals surface area (Å²) in [6.07, 6.45) is 0.201. The smallest absolute Gasteiger partial charge is 0.333 e. The highest BCUT2D eigenvalue weighted by molar-refractivity contribution is 5.86. The summed E-state index contributed by atoms with van der Waals surface area (Å²) < 4.78 is 16.9. The summed E-state index contributed by atoms with van der Waals surface area (Å²) in [4.78, 5) is 11.8. The molecule has 2 rings (SSSR count). The highest BCUT2D eigenvalue weighted by atomic mass is 16.6. The highest BCUT2D eigenvalue weighted by Gasteiger charge is 2.30. The van der Waals surface area contributed by atoms with Crippen LogP contribution in [0.15, 0.2) is 24.3 Å². The summed E-state index contributed by atoms with van der Waals surface area (Å²) in [5.41, 5.74) is 3.40. The van der Waals surface area contributed by atoms with Crippen LogP contribution in [0, 0.1) is 0 Å². The molecule has 1 aromatic rings. The third kappa shape index (κ3) is 5.34. The van der Waals surface area contributed by atoms with Crippen molar-refractivity contribution in [1.82, 2.24) is 0 Å². The highest BCUT2D eigenvalue weighted by Crippen LogP contribution is 2.41. The lowest BCUT2D eigenvalue weighted by molar-refractivity contribution is -0.140. The molecule has 0 N–H and O–H groups in total. The Labute approximate surface area is 157 Å². The number of ether oxygens (including phenoxy) is 3. The molecule has 1 aliphatic rings. The number of esters is 1. The lowest BCUT2D eigenvalue weighted by atomic mass is 9.78. The van der Waals surface area contributed by atoms with E-state index in [0.29, 0.717) is 12.2 Å². The molecule has 1 atom stereocenters. The van der Waals surface area contributed by atoms with Crippen LogP contribution in [-0.2, 0) is 31.7 Å².